The van der Waals surface area contributed by atoms with Crippen LogP contribution in [0.25, 0.3) is 6.08 Å². The van der Waals surface area contributed by atoms with Crippen molar-refractivity contribution < 1.29 is 4.79 Å². The molecule has 122 valence electrons. The van der Waals surface area contributed by atoms with E-state index < -0.39 is 0 Å². The molecule has 1 aliphatic heterocycles. The summed E-state index contributed by atoms with van der Waals surface area (Å²) in [6.07, 6.45) is 3.76. The van der Waals surface area contributed by atoms with Crippen molar-refractivity contribution in [3.8, 4) is 0 Å². The Morgan fingerprint density at radius 3 is 2.42 bits per heavy atom. The zero-order chi connectivity index (χ0) is 16.9. The first-order valence-electron chi connectivity index (χ1n) is 8.05. The second-order valence-corrected chi connectivity index (χ2v) is 7.34. The SMILES string of the molecule is CCc1ccc(/C=C2\SC(=S)N(CCc3ccccc3)C2=O)cc1. The monoisotopic (exact) mass is 353 g/mol. The van der Waals surface area contributed by atoms with Gasteiger partial charge in [-0.25, -0.2) is 0 Å². The average Bonchev–Trinajstić information content (AvgIpc) is 2.88. The fourth-order valence-corrected chi connectivity index (χ4v) is 3.89. The maximum atomic E-state index is 12.6. The van der Waals surface area contributed by atoms with E-state index in [4.69, 9.17) is 12.2 Å². The molecule has 0 aromatic heterocycles. The van der Waals surface area contributed by atoms with Crippen LogP contribution in [0.3, 0.4) is 0 Å². The number of nitrogens with zero attached hydrogens (tertiary/aromatic N) is 1. The van der Waals surface area contributed by atoms with Crippen molar-refractivity contribution in [2.45, 2.75) is 19.8 Å². The van der Waals surface area contributed by atoms with E-state index in [0.29, 0.717) is 15.8 Å². The number of aryl methyl sites for hydroxylation is 1. The highest BCUT2D eigenvalue weighted by molar-refractivity contribution is 8.26. The van der Waals surface area contributed by atoms with Gasteiger partial charge in [0.1, 0.15) is 4.32 Å². The molecule has 1 heterocycles. The molecule has 2 aromatic carbocycles. The van der Waals surface area contributed by atoms with E-state index in [1.165, 1.54) is 22.9 Å². The van der Waals surface area contributed by atoms with E-state index in [1.54, 1.807) is 4.90 Å². The first-order chi connectivity index (χ1) is 11.7. The van der Waals surface area contributed by atoms with Crippen LogP contribution in [0, 0.1) is 0 Å². The van der Waals surface area contributed by atoms with E-state index in [2.05, 4.69) is 43.3 Å². The number of thioether (sulfide) groups is 1. The molecule has 1 saturated heterocycles. The summed E-state index contributed by atoms with van der Waals surface area (Å²) in [4.78, 5) is 15.0. The molecule has 0 aliphatic carbocycles. The van der Waals surface area contributed by atoms with Gasteiger partial charge in [0.15, 0.2) is 0 Å². The molecule has 1 fully saturated rings. The van der Waals surface area contributed by atoms with Crippen molar-refractivity contribution in [2.24, 2.45) is 0 Å². The van der Waals surface area contributed by atoms with Crippen molar-refractivity contribution in [3.63, 3.8) is 0 Å². The first kappa shape index (κ1) is 16.9. The van der Waals surface area contributed by atoms with Gasteiger partial charge in [0.25, 0.3) is 5.91 Å². The molecule has 2 aromatic rings. The van der Waals surface area contributed by atoms with Crippen LogP contribution in [0.5, 0.6) is 0 Å². The number of carbonyl (C=O) groups excluding carboxylic acids is 1. The summed E-state index contributed by atoms with van der Waals surface area (Å²) in [5.74, 6) is 0.0144. The molecular formula is C20H19NOS2. The molecule has 0 bridgehead atoms. The van der Waals surface area contributed by atoms with Crippen LogP contribution in [0.1, 0.15) is 23.6 Å². The molecule has 4 heteroatoms. The second-order valence-electron chi connectivity index (χ2n) is 5.66. The minimum atomic E-state index is 0.0144. The molecule has 3 rings (SSSR count). The van der Waals surface area contributed by atoms with Gasteiger partial charge in [0.2, 0.25) is 0 Å². The molecule has 2 nitrogen and oxygen atoms in total. The molecule has 0 spiro atoms. The quantitative estimate of drug-likeness (QED) is 0.574. The zero-order valence-corrected chi connectivity index (χ0v) is 15.2. The topological polar surface area (TPSA) is 20.3 Å². The summed E-state index contributed by atoms with van der Waals surface area (Å²) in [6, 6.07) is 18.5. The Hall–Kier alpha value is -1.91. The van der Waals surface area contributed by atoms with E-state index in [9.17, 15) is 4.79 Å². The van der Waals surface area contributed by atoms with Crippen LogP contribution >= 0.6 is 24.0 Å². The molecule has 0 N–H and O–H groups in total. The lowest BCUT2D eigenvalue weighted by atomic mass is 10.1. The average molecular weight is 354 g/mol. The Kier molecular flexibility index (Phi) is 5.48. The second kappa shape index (κ2) is 7.77. The minimum absolute atomic E-state index is 0.0144. The Bertz CT molecular complexity index is 766. The summed E-state index contributed by atoms with van der Waals surface area (Å²) < 4.78 is 0.646. The van der Waals surface area contributed by atoms with Gasteiger partial charge in [-0.15, -0.1) is 0 Å². The number of benzene rings is 2. The molecule has 0 radical (unpaired) electrons. The van der Waals surface area contributed by atoms with Crippen LogP contribution in [0.15, 0.2) is 59.5 Å². The van der Waals surface area contributed by atoms with E-state index in [1.807, 2.05) is 24.3 Å². The minimum Gasteiger partial charge on any atom is -0.293 e. The number of carbonyl (C=O) groups is 1. The van der Waals surface area contributed by atoms with Gasteiger partial charge in [-0.05, 0) is 35.6 Å². The van der Waals surface area contributed by atoms with Gasteiger partial charge in [-0.2, -0.15) is 0 Å². The number of hydrogen-bond acceptors (Lipinski definition) is 3. The summed E-state index contributed by atoms with van der Waals surface area (Å²) >= 11 is 6.78. The largest absolute Gasteiger partial charge is 0.293 e. The Morgan fingerprint density at radius 1 is 1.04 bits per heavy atom. The third-order valence-electron chi connectivity index (χ3n) is 4.03. The van der Waals surface area contributed by atoms with Crippen LogP contribution in [-0.4, -0.2) is 21.7 Å². The summed E-state index contributed by atoms with van der Waals surface area (Å²) in [5.41, 5.74) is 3.55. The zero-order valence-electron chi connectivity index (χ0n) is 13.6. The number of amides is 1. The fraction of sp³-hybridized carbons (Fsp3) is 0.200. The summed E-state index contributed by atoms with van der Waals surface area (Å²) in [6.45, 7) is 2.76. The van der Waals surface area contributed by atoms with Crippen LogP contribution in [0.4, 0.5) is 0 Å². The number of hydrogen-bond donors (Lipinski definition) is 0. The maximum absolute atomic E-state index is 12.6. The lowest BCUT2D eigenvalue weighted by molar-refractivity contribution is -0.122. The number of thiocarbonyl (C=S) groups is 1. The van der Waals surface area contributed by atoms with Gasteiger partial charge in [-0.1, -0.05) is 85.5 Å². The van der Waals surface area contributed by atoms with Gasteiger partial charge in [0.05, 0.1) is 4.91 Å². The molecule has 1 amide bonds. The Morgan fingerprint density at radius 2 is 1.75 bits per heavy atom. The first-order valence-corrected chi connectivity index (χ1v) is 9.28. The van der Waals surface area contributed by atoms with E-state index >= 15 is 0 Å². The summed E-state index contributed by atoms with van der Waals surface area (Å²) in [5, 5.41) is 0. The Labute approximate surface area is 152 Å². The normalized spacial score (nSPS) is 16.2. The Balaban J connectivity index is 1.69. The van der Waals surface area contributed by atoms with Crippen molar-refractivity contribution in [2.75, 3.05) is 6.54 Å². The molecule has 0 unspecified atom stereocenters. The van der Waals surface area contributed by atoms with E-state index in [-0.39, 0.29) is 5.91 Å². The van der Waals surface area contributed by atoms with Crippen molar-refractivity contribution in [3.05, 3.63) is 76.2 Å². The van der Waals surface area contributed by atoms with Crippen molar-refractivity contribution in [1.82, 2.24) is 4.90 Å². The third kappa shape index (κ3) is 3.94. The highest BCUT2D eigenvalue weighted by Gasteiger charge is 2.31. The molecule has 24 heavy (non-hydrogen) atoms. The van der Waals surface area contributed by atoms with Gasteiger partial charge in [0, 0.05) is 6.54 Å². The lowest BCUT2D eigenvalue weighted by Gasteiger charge is -2.14. The molecule has 0 saturated carbocycles. The number of rotatable bonds is 5. The standard InChI is InChI=1S/C20H19NOS2/c1-2-15-8-10-17(11-9-15)14-18-19(22)21(20(23)24-18)13-12-16-6-4-3-5-7-16/h3-11,14H,2,12-13H2,1H3/b18-14-. The van der Waals surface area contributed by atoms with Crippen LogP contribution in [0.2, 0.25) is 0 Å². The highest BCUT2D eigenvalue weighted by Crippen LogP contribution is 2.32. The van der Waals surface area contributed by atoms with Crippen LogP contribution < -0.4 is 0 Å². The highest BCUT2D eigenvalue weighted by atomic mass is 32.2. The fourth-order valence-electron chi connectivity index (χ4n) is 2.58. The predicted molar refractivity (Wildman–Crippen MR) is 106 cm³/mol. The van der Waals surface area contributed by atoms with Gasteiger partial charge < -0.3 is 0 Å². The van der Waals surface area contributed by atoms with Crippen LogP contribution in [-0.2, 0) is 17.6 Å². The summed E-state index contributed by atoms with van der Waals surface area (Å²) in [7, 11) is 0. The third-order valence-corrected chi connectivity index (χ3v) is 5.40. The molecule has 1 aliphatic rings. The van der Waals surface area contributed by atoms with E-state index in [0.717, 1.165) is 18.4 Å². The van der Waals surface area contributed by atoms with Gasteiger partial charge >= 0.3 is 0 Å². The van der Waals surface area contributed by atoms with Crippen molar-refractivity contribution in [1.29, 1.82) is 0 Å². The lowest BCUT2D eigenvalue weighted by Crippen LogP contribution is -2.30. The smallest absolute Gasteiger partial charge is 0.266 e. The molecule has 0 atom stereocenters. The predicted octanol–water partition coefficient (Wildman–Crippen LogP) is 4.69. The van der Waals surface area contributed by atoms with Crippen molar-refractivity contribution >= 4 is 40.3 Å². The molecular weight excluding hydrogens is 334 g/mol. The maximum Gasteiger partial charge on any atom is 0.266 e. The van der Waals surface area contributed by atoms with Gasteiger partial charge in [-0.3, -0.25) is 9.69 Å².